The van der Waals surface area contributed by atoms with Crippen molar-refractivity contribution in [2.75, 3.05) is 52.9 Å². The van der Waals surface area contributed by atoms with Gasteiger partial charge in [-0.15, -0.1) is 0 Å². The molecule has 0 atom stereocenters. The van der Waals surface area contributed by atoms with E-state index >= 15 is 0 Å². The summed E-state index contributed by atoms with van der Waals surface area (Å²) in [7, 11) is 0. The standard InChI is InChI=1S/2C5H5.2C4H10O.4C2H6O.2Zr/c2*1-2-4-5-3-1;2*1-3-5-4-2;4*1-2-3;;/h2*1-5H;2*3-4H2,1-2H3;4*3H,2H2,1H3;;/q2*-1;;;;;;;;. The summed E-state index contributed by atoms with van der Waals surface area (Å²) in [6, 6.07) is 20.0. The van der Waals surface area contributed by atoms with Gasteiger partial charge in [0.1, 0.15) is 0 Å². The molecular weight excluding hydrogens is 591 g/mol. The Hall–Kier alpha value is 0.226. The summed E-state index contributed by atoms with van der Waals surface area (Å²) in [5.41, 5.74) is 0. The summed E-state index contributed by atoms with van der Waals surface area (Å²) < 4.78 is 9.67. The minimum absolute atomic E-state index is 0. The molecule has 0 radical (unpaired) electrons. The fourth-order valence-electron chi connectivity index (χ4n) is 1.05. The summed E-state index contributed by atoms with van der Waals surface area (Å²) in [5.74, 6) is 0. The van der Waals surface area contributed by atoms with Crippen molar-refractivity contribution in [3.05, 3.63) is 60.7 Å². The predicted octanol–water partition coefficient (Wildman–Crippen LogP) is 4.89. The third kappa shape index (κ3) is 155. The van der Waals surface area contributed by atoms with Gasteiger partial charge < -0.3 is 29.9 Å². The number of hydrogen-bond donors (Lipinski definition) is 4. The molecule has 4 N–H and O–H groups in total. The second-order valence-electron chi connectivity index (χ2n) is 4.75. The monoisotopic (exact) mass is 642 g/mol. The van der Waals surface area contributed by atoms with Crippen molar-refractivity contribution in [3.8, 4) is 0 Å². The van der Waals surface area contributed by atoms with Crippen molar-refractivity contribution < 1.29 is 82.3 Å². The minimum atomic E-state index is 0. The first-order chi connectivity index (χ1) is 15.5. The Morgan fingerprint density at radius 1 is 0.441 bits per heavy atom. The topological polar surface area (TPSA) is 99.4 Å². The Kier molecular flexibility index (Phi) is 136. The Morgan fingerprint density at radius 2 is 0.588 bits per heavy atom. The van der Waals surface area contributed by atoms with Crippen LogP contribution in [0.5, 0.6) is 0 Å². The van der Waals surface area contributed by atoms with Gasteiger partial charge in [-0.25, -0.2) is 24.3 Å². The zero-order valence-corrected chi connectivity index (χ0v) is 28.0. The summed E-state index contributed by atoms with van der Waals surface area (Å²) >= 11 is 0. The maximum Gasteiger partial charge on any atom is 0.0437 e. The van der Waals surface area contributed by atoms with Gasteiger partial charge in [-0.2, -0.15) is 36.4 Å². The van der Waals surface area contributed by atoms with Crippen molar-refractivity contribution >= 4 is 0 Å². The van der Waals surface area contributed by atoms with Gasteiger partial charge in [-0.05, 0) is 55.4 Å². The smallest absolute Gasteiger partial charge is 0.0437 e. The Bertz CT molecular complexity index is 283. The molecule has 6 nitrogen and oxygen atoms in total. The first kappa shape index (κ1) is 54.9. The van der Waals surface area contributed by atoms with E-state index < -0.39 is 0 Å². The van der Waals surface area contributed by atoms with E-state index in [9.17, 15) is 0 Å². The maximum atomic E-state index is 7.57. The SMILES string of the molecule is CCO.CCO.CCO.CCO.CCOCC.CCOCC.[Zr].[Zr].c1cc[cH-]c1.c1cc[cH-]c1. The first-order valence-corrected chi connectivity index (χ1v) is 11.4. The summed E-state index contributed by atoms with van der Waals surface area (Å²) in [4.78, 5) is 0. The number of rotatable bonds is 4. The van der Waals surface area contributed by atoms with Crippen molar-refractivity contribution in [2.45, 2.75) is 55.4 Å². The van der Waals surface area contributed by atoms with Crippen LogP contribution in [-0.2, 0) is 61.9 Å². The van der Waals surface area contributed by atoms with Crippen molar-refractivity contribution in [1.82, 2.24) is 0 Å². The molecule has 204 valence electrons. The first-order valence-electron chi connectivity index (χ1n) is 11.4. The van der Waals surface area contributed by atoms with Crippen LogP contribution in [0, 0.1) is 0 Å². The van der Waals surface area contributed by atoms with Gasteiger partial charge in [0.15, 0.2) is 0 Å². The molecule has 0 bridgehead atoms. The molecule has 2 aromatic carbocycles. The van der Waals surface area contributed by atoms with E-state index in [4.69, 9.17) is 29.9 Å². The van der Waals surface area contributed by atoms with E-state index in [1.54, 1.807) is 27.7 Å². The molecule has 0 fully saturated rings. The van der Waals surface area contributed by atoms with Crippen LogP contribution in [0.3, 0.4) is 0 Å². The van der Waals surface area contributed by atoms with Gasteiger partial charge >= 0.3 is 0 Å². The minimum Gasteiger partial charge on any atom is -0.397 e. The second-order valence-corrected chi connectivity index (χ2v) is 4.75. The van der Waals surface area contributed by atoms with Crippen molar-refractivity contribution in [3.63, 3.8) is 0 Å². The Morgan fingerprint density at radius 3 is 0.618 bits per heavy atom. The van der Waals surface area contributed by atoms with Gasteiger partial charge in [0, 0.05) is 105 Å². The van der Waals surface area contributed by atoms with Gasteiger partial charge in [0.2, 0.25) is 0 Å². The number of ether oxygens (including phenoxy) is 2. The van der Waals surface area contributed by atoms with Crippen molar-refractivity contribution in [1.29, 1.82) is 0 Å². The molecule has 34 heavy (non-hydrogen) atoms. The van der Waals surface area contributed by atoms with Crippen LogP contribution in [0.1, 0.15) is 55.4 Å². The molecule has 0 aliphatic rings. The van der Waals surface area contributed by atoms with Crippen LogP contribution in [0.2, 0.25) is 0 Å². The molecule has 8 heteroatoms. The van der Waals surface area contributed by atoms with Crippen LogP contribution in [0.4, 0.5) is 0 Å². The molecule has 0 aliphatic carbocycles. The summed E-state index contributed by atoms with van der Waals surface area (Å²) in [5, 5.41) is 30.3. The summed E-state index contributed by atoms with van der Waals surface area (Å²) in [6.45, 7) is 19.1. The molecule has 0 aromatic heterocycles. The molecular formula is C26H54O6Zr2-2. The van der Waals surface area contributed by atoms with Crippen LogP contribution in [-0.4, -0.2) is 73.3 Å². The average Bonchev–Trinajstić information content (AvgIpc) is 3.51. The average molecular weight is 645 g/mol. The normalized spacial score (nSPS) is 6.94. The zero-order valence-electron chi connectivity index (χ0n) is 23.0. The molecule has 2 aromatic rings. The number of aliphatic hydroxyl groups excluding tert-OH is 4. The number of hydrogen-bond acceptors (Lipinski definition) is 6. The Labute approximate surface area is 249 Å². The van der Waals surface area contributed by atoms with Crippen LogP contribution in [0.15, 0.2) is 60.7 Å². The van der Waals surface area contributed by atoms with E-state index in [0.717, 1.165) is 26.4 Å². The van der Waals surface area contributed by atoms with Gasteiger partial charge in [-0.1, -0.05) is 0 Å². The molecule has 0 saturated carbocycles. The van der Waals surface area contributed by atoms with Crippen LogP contribution < -0.4 is 0 Å². The molecule has 0 aliphatic heterocycles. The van der Waals surface area contributed by atoms with E-state index in [-0.39, 0.29) is 78.8 Å². The molecule has 0 amide bonds. The quantitative estimate of drug-likeness (QED) is 0.354. The molecule has 0 unspecified atom stereocenters. The van der Waals surface area contributed by atoms with Crippen molar-refractivity contribution in [2.24, 2.45) is 0 Å². The molecule has 0 spiro atoms. The van der Waals surface area contributed by atoms with Gasteiger partial charge in [0.05, 0.1) is 0 Å². The largest absolute Gasteiger partial charge is 0.397 e. The molecule has 2 rings (SSSR count). The van der Waals surface area contributed by atoms with Gasteiger partial charge in [0.25, 0.3) is 0 Å². The number of aliphatic hydroxyl groups is 4. The van der Waals surface area contributed by atoms with E-state index in [0.29, 0.717) is 0 Å². The van der Waals surface area contributed by atoms with E-state index in [1.165, 1.54) is 0 Å². The predicted molar refractivity (Wildman–Crippen MR) is 139 cm³/mol. The fraction of sp³-hybridized carbons (Fsp3) is 0.615. The third-order valence-corrected chi connectivity index (χ3v) is 1.93. The van der Waals surface area contributed by atoms with E-state index in [1.807, 2.05) is 88.4 Å². The van der Waals surface area contributed by atoms with Crippen LogP contribution in [0.25, 0.3) is 0 Å². The fourth-order valence-corrected chi connectivity index (χ4v) is 1.05. The second kappa shape index (κ2) is 84.3. The zero-order chi connectivity index (χ0) is 26.1. The summed E-state index contributed by atoms with van der Waals surface area (Å²) in [6.07, 6.45) is 0. The Balaban J connectivity index is -0.0000000381. The van der Waals surface area contributed by atoms with Crippen LogP contribution >= 0.6 is 0 Å². The van der Waals surface area contributed by atoms with Gasteiger partial charge in [-0.3, -0.25) is 0 Å². The molecule has 0 saturated heterocycles. The van der Waals surface area contributed by atoms with E-state index in [2.05, 4.69) is 0 Å². The maximum absolute atomic E-state index is 7.57. The molecule has 0 heterocycles. The third-order valence-electron chi connectivity index (χ3n) is 1.93.